The maximum atomic E-state index is 13.4. The molecule has 0 aliphatic carbocycles. The Morgan fingerprint density at radius 3 is 2.57 bits per heavy atom. The van der Waals surface area contributed by atoms with Crippen LogP contribution in [-0.2, 0) is 4.79 Å². The van der Waals surface area contributed by atoms with Crippen LogP contribution in [0.1, 0.15) is 24.6 Å². The summed E-state index contributed by atoms with van der Waals surface area (Å²) < 4.78 is 26.5. The molecule has 21 heavy (non-hydrogen) atoms. The highest BCUT2D eigenvalue weighted by Gasteiger charge is 2.37. The Balaban J connectivity index is 1.83. The van der Waals surface area contributed by atoms with Crippen LogP contribution >= 0.6 is 0 Å². The van der Waals surface area contributed by atoms with Crippen LogP contribution in [0.25, 0.3) is 0 Å². The molecule has 1 aromatic carbocycles. The van der Waals surface area contributed by atoms with Gasteiger partial charge in [0.15, 0.2) is 11.6 Å². The molecule has 6 heteroatoms. The average molecular weight is 295 g/mol. The lowest BCUT2D eigenvalue weighted by atomic mass is 10.0. The molecule has 2 aliphatic rings. The van der Waals surface area contributed by atoms with E-state index in [0.717, 1.165) is 32.0 Å². The second-order valence-electron chi connectivity index (χ2n) is 5.79. The van der Waals surface area contributed by atoms with Crippen molar-refractivity contribution in [1.29, 1.82) is 0 Å². The fourth-order valence-electron chi connectivity index (χ4n) is 3.17. The molecule has 2 heterocycles. The molecular formula is C15H19F2N3O. The number of benzene rings is 1. The second kappa shape index (κ2) is 5.69. The molecule has 3 rings (SSSR count). The molecule has 114 valence electrons. The van der Waals surface area contributed by atoms with Crippen LogP contribution in [0.15, 0.2) is 18.2 Å². The molecule has 2 aliphatic heterocycles. The maximum absolute atomic E-state index is 13.4. The maximum Gasteiger partial charge on any atom is 0.238 e. The van der Waals surface area contributed by atoms with Crippen molar-refractivity contribution < 1.29 is 13.6 Å². The van der Waals surface area contributed by atoms with E-state index in [4.69, 9.17) is 0 Å². The number of nitrogens with one attached hydrogen (secondary N) is 1. The van der Waals surface area contributed by atoms with Gasteiger partial charge in [0.05, 0.1) is 6.54 Å². The Kier molecular flexibility index (Phi) is 3.91. The van der Waals surface area contributed by atoms with Gasteiger partial charge in [0.1, 0.15) is 6.17 Å². The minimum absolute atomic E-state index is 0.0271. The van der Waals surface area contributed by atoms with E-state index in [9.17, 15) is 13.6 Å². The number of rotatable bonds is 2. The molecule has 0 aromatic heterocycles. The van der Waals surface area contributed by atoms with Gasteiger partial charge in [-0.05, 0) is 50.7 Å². The van der Waals surface area contributed by atoms with Crippen molar-refractivity contribution in [2.45, 2.75) is 25.0 Å². The predicted molar refractivity (Wildman–Crippen MR) is 74.5 cm³/mol. The number of amides is 1. The van der Waals surface area contributed by atoms with Crippen LogP contribution in [-0.4, -0.2) is 48.4 Å². The number of carbonyl (C=O) groups excluding carboxylic acids is 1. The van der Waals surface area contributed by atoms with Gasteiger partial charge in [0.2, 0.25) is 5.91 Å². The summed E-state index contributed by atoms with van der Waals surface area (Å²) in [4.78, 5) is 16.2. The lowest BCUT2D eigenvalue weighted by Gasteiger charge is -2.38. The third kappa shape index (κ3) is 2.78. The Morgan fingerprint density at radius 2 is 1.90 bits per heavy atom. The van der Waals surface area contributed by atoms with Crippen LogP contribution in [0.3, 0.4) is 0 Å². The van der Waals surface area contributed by atoms with Gasteiger partial charge in [-0.15, -0.1) is 0 Å². The highest BCUT2D eigenvalue weighted by Crippen LogP contribution is 2.29. The molecule has 1 aromatic rings. The summed E-state index contributed by atoms with van der Waals surface area (Å²) in [6, 6.07) is 3.98. The van der Waals surface area contributed by atoms with E-state index >= 15 is 0 Å². The third-order valence-corrected chi connectivity index (χ3v) is 4.35. The zero-order valence-corrected chi connectivity index (χ0v) is 12.0. The van der Waals surface area contributed by atoms with Gasteiger partial charge in [-0.2, -0.15) is 0 Å². The molecule has 2 fully saturated rings. The summed E-state index contributed by atoms with van der Waals surface area (Å²) in [5.41, 5.74) is 0.596. The molecule has 0 spiro atoms. The van der Waals surface area contributed by atoms with Gasteiger partial charge in [-0.3, -0.25) is 10.1 Å². The summed E-state index contributed by atoms with van der Waals surface area (Å²) in [5, 5.41) is 3.10. The number of carbonyl (C=O) groups is 1. The predicted octanol–water partition coefficient (Wildman–Crippen LogP) is 1.49. The molecular weight excluding hydrogens is 276 g/mol. The monoisotopic (exact) mass is 295 g/mol. The van der Waals surface area contributed by atoms with Crippen molar-refractivity contribution in [2.24, 2.45) is 0 Å². The number of likely N-dealkylation sites (tertiary alicyclic amines) is 1. The zero-order valence-electron chi connectivity index (χ0n) is 12.0. The first-order chi connectivity index (χ1) is 10.1. The molecule has 2 saturated heterocycles. The zero-order chi connectivity index (χ0) is 15.0. The molecule has 0 saturated carbocycles. The Labute approximate surface area is 122 Å². The van der Waals surface area contributed by atoms with Crippen molar-refractivity contribution in [3.63, 3.8) is 0 Å². The number of hydrogen-bond acceptors (Lipinski definition) is 3. The first kappa shape index (κ1) is 14.4. The highest BCUT2D eigenvalue weighted by atomic mass is 19.2. The molecule has 1 unspecified atom stereocenters. The number of hydrogen-bond donors (Lipinski definition) is 1. The van der Waals surface area contributed by atoms with Crippen molar-refractivity contribution in [3.8, 4) is 0 Å². The van der Waals surface area contributed by atoms with Crippen LogP contribution in [0.5, 0.6) is 0 Å². The van der Waals surface area contributed by atoms with E-state index in [-0.39, 0.29) is 24.7 Å². The van der Waals surface area contributed by atoms with Gasteiger partial charge >= 0.3 is 0 Å². The summed E-state index contributed by atoms with van der Waals surface area (Å²) in [6.45, 7) is 2.13. The SMILES string of the molecule is CN1CCC(N2C(=O)CNC2c2ccc(F)c(F)c2)CC1. The van der Waals surface area contributed by atoms with Crippen molar-refractivity contribution in [3.05, 3.63) is 35.4 Å². The van der Waals surface area contributed by atoms with E-state index < -0.39 is 11.6 Å². The summed E-state index contributed by atoms with van der Waals surface area (Å²) >= 11 is 0. The number of piperidine rings is 1. The summed E-state index contributed by atoms with van der Waals surface area (Å²) in [6.07, 6.45) is 1.45. The fourth-order valence-corrected chi connectivity index (χ4v) is 3.17. The second-order valence-corrected chi connectivity index (χ2v) is 5.79. The van der Waals surface area contributed by atoms with E-state index in [1.54, 1.807) is 4.90 Å². The Morgan fingerprint density at radius 1 is 1.19 bits per heavy atom. The van der Waals surface area contributed by atoms with Gasteiger partial charge < -0.3 is 9.80 Å². The normalized spacial score (nSPS) is 24.8. The standard InChI is InChI=1S/C15H19F2N3O/c1-19-6-4-11(5-7-19)20-14(21)9-18-15(20)10-2-3-12(16)13(17)8-10/h2-3,8,11,15,18H,4-7,9H2,1H3. The smallest absolute Gasteiger partial charge is 0.238 e. The highest BCUT2D eigenvalue weighted by molar-refractivity contribution is 5.81. The molecule has 1 amide bonds. The lowest BCUT2D eigenvalue weighted by Crippen LogP contribution is -2.46. The molecule has 0 radical (unpaired) electrons. The van der Waals surface area contributed by atoms with Crippen LogP contribution < -0.4 is 5.32 Å². The summed E-state index contributed by atoms with van der Waals surface area (Å²) in [7, 11) is 2.06. The van der Waals surface area contributed by atoms with Gasteiger partial charge in [-0.1, -0.05) is 6.07 Å². The minimum atomic E-state index is -0.878. The van der Waals surface area contributed by atoms with Crippen molar-refractivity contribution in [2.75, 3.05) is 26.7 Å². The minimum Gasteiger partial charge on any atom is -0.319 e. The molecule has 1 N–H and O–H groups in total. The summed E-state index contributed by atoms with van der Waals surface area (Å²) in [5.74, 6) is -1.72. The average Bonchev–Trinajstić information content (AvgIpc) is 2.85. The first-order valence-corrected chi connectivity index (χ1v) is 7.24. The van der Waals surface area contributed by atoms with Gasteiger partial charge in [0, 0.05) is 6.04 Å². The first-order valence-electron chi connectivity index (χ1n) is 7.24. The van der Waals surface area contributed by atoms with Crippen LogP contribution in [0, 0.1) is 11.6 Å². The van der Waals surface area contributed by atoms with Crippen molar-refractivity contribution >= 4 is 5.91 Å². The van der Waals surface area contributed by atoms with Gasteiger partial charge in [0.25, 0.3) is 0 Å². The Bertz CT molecular complexity index is 544. The van der Waals surface area contributed by atoms with E-state index in [0.29, 0.717) is 5.56 Å². The van der Waals surface area contributed by atoms with E-state index in [2.05, 4.69) is 17.3 Å². The van der Waals surface area contributed by atoms with Crippen LogP contribution in [0.4, 0.5) is 8.78 Å². The largest absolute Gasteiger partial charge is 0.319 e. The number of nitrogens with zero attached hydrogens (tertiary/aromatic N) is 2. The quantitative estimate of drug-likeness (QED) is 0.898. The van der Waals surface area contributed by atoms with Gasteiger partial charge in [-0.25, -0.2) is 8.78 Å². The molecule has 1 atom stereocenters. The topological polar surface area (TPSA) is 35.6 Å². The third-order valence-electron chi connectivity index (χ3n) is 4.35. The fraction of sp³-hybridized carbons (Fsp3) is 0.533. The lowest BCUT2D eigenvalue weighted by molar-refractivity contribution is -0.131. The van der Waals surface area contributed by atoms with E-state index in [1.165, 1.54) is 12.1 Å². The van der Waals surface area contributed by atoms with Crippen molar-refractivity contribution in [1.82, 2.24) is 15.1 Å². The molecule has 4 nitrogen and oxygen atoms in total. The number of halogens is 2. The van der Waals surface area contributed by atoms with E-state index in [1.807, 2.05) is 0 Å². The molecule has 0 bridgehead atoms. The van der Waals surface area contributed by atoms with Crippen LogP contribution in [0.2, 0.25) is 0 Å². The Hall–Kier alpha value is -1.53.